The highest BCUT2D eigenvalue weighted by Gasteiger charge is 2.07. The fourth-order valence-electron chi connectivity index (χ4n) is 1.99. The van der Waals surface area contributed by atoms with Crippen LogP contribution in [0.4, 0.5) is 0 Å². The van der Waals surface area contributed by atoms with Gasteiger partial charge < -0.3 is 14.6 Å². The molecule has 0 amide bonds. The lowest BCUT2D eigenvalue weighted by atomic mass is 10.1. The van der Waals surface area contributed by atoms with Gasteiger partial charge in [-0.2, -0.15) is 0 Å². The van der Waals surface area contributed by atoms with E-state index in [1.807, 2.05) is 55.5 Å². The normalized spacial score (nSPS) is 12.0. The van der Waals surface area contributed by atoms with Gasteiger partial charge >= 0.3 is 0 Å². The van der Waals surface area contributed by atoms with Gasteiger partial charge in [0.1, 0.15) is 5.75 Å². The van der Waals surface area contributed by atoms with Crippen LogP contribution in [0.2, 0.25) is 0 Å². The van der Waals surface area contributed by atoms with Crippen molar-refractivity contribution in [3.8, 4) is 17.2 Å². The van der Waals surface area contributed by atoms with Crippen LogP contribution < -0.4 is 9.47 Å². The highest BCUT2D eigenvalue weighted by molar-refractivity contribution is 5.43. The molecule has 0 spiro atoms. The van der Waals surface area contributed by atoms with E-state index in [1.165, 1.54) is 0 Å². The zero-order chi connectivity index (χ0) is 15.1. The van der Waals surface area contributed by atoms with Gasteiger partial charge in [0.05, 0.1) is 12.7 Å². The first-order chi connectivity index (χ1) is 10.2. The van der Waals surface area contributed by atoms with Crippen LogP contribution in [0, 0.1) is 0 Å². The molecular weight excluding hydrogens is 264 g/mol. The van der Waals surface area contributed by atoms with Crippen molar-refractivity contribution >= 4 is 0 Å². The standard InChI is InChI=1S/C18H22O3/c1-3-13-20-17-7-5-6-8-18(17)21-15-11-9-14(10-12-15)16(19)4-2/h5-12,16,19H,3-4,13H2,1-2H3. The highest BCUT2D eigenvalue weighted by Crippen LogP contribution is 2.32. The molecule has 0 saturated carbocycles. The topological polar surface area (TPSA) is 38.7 Å². The molecule has 2 aromatic rings. The van der Waals surface area contributed by atoms with Gasteiger partial charge in [0.25, 0.3) is 0 Å². The Bertz CT molecular complexity index is 549. The van der Waals surface area contributed by atoms with Crippen LogP contribution in [0.1, 0.15) is 38.4 Å². The van der Waals surface area contributed by atoms with Crippen LogP contribution in [0.25, 0.3) is 0 Å². The van der Waals surface area contributed by atoms with E-state index in [1.54, 1.807) is 0 Å². The van der Waals surface area contributed by atoms with Crippen molar-refractivity contribution in [2.45, 2.75) is 32.8 Å². The molecule has 0 aliphatic rings. The number of hydrogen-bond donors (Lipinski definition) is 1. The third-order valence-electron chi connectivity index (χ3n) is 3.19. The second kappa shape index (κ2) is 7.70. The average molecular weight is 286 g/mol. The van der Waals surface area contributed by atoms with Crippen molar-refractivity contribution in [2.24, 2.45) is 0 Å². The molecule has 112 valence electrons. The third-order valence-corrected chi connectivity index (χ3v) is 3.19. The second-order valence-corrected chi connectivity index (χ2v) is 4.89. The minimum atomic E-state index is -0.417. The summed E-state index contributed by atoms with van der Waals surface area (Å²) in [5.74, 6) is 2.18. The van der Waals surface area contributed by atoms with Crippen molar-refractivity contribution in [1.29, 1.82) is 0 Å². The molecule has 0 aliphatic heterocycles. The molecule has 1 atom stereocenters. The van der Waals surface area contributed by atoms with Crippen LogP contribution in [0.15, 0.2) is 48.5 Å². The fourth-order valence-corrected chi connectivity index (χ4v) is 1.99. The zero-order valence-electron chi connectivity index (χ0n) is 12.6. The second-order valence-electron chi connectivity index (χ2n) is 4.89. The van der Waals surface area contributed by atoms with E-state index < -0.39 is 6.10 Å². The summed E-state index contributed by atoms with van der Waals surface area (Å²) in [6.45, 7) is 4.69. The van der Waals surface area contributed by atoms with Gasteiger partial charge in [0, 0.05) is 0 Å². The minimum Gasteiger partial charge on any atom is -0.490 e. The Morgan fingerprint density at radius 3 is 2.24 bits per heavy atom. The van der Waals surface area contributed by atoms with Crippen LogP contribution in [-0.2, 0) is 0 Å². The van der Waals surface area contributed by atoms with E-state index in [0.29, 0.717) is 18.8 Å². The SMILES string of the molecule is CCCOc1ccccc1Oc1ccc(C(O)CC)cc1. The van der Waals surface area contributed by atoms with Crippen molar-refractivity contribution < 1.29 is 14.6 Å². The molecule has 0 saturated heterocycles. The van der Waals surface area contributed by atoms with E-state index in [-0.39, 0.29) is 0 Å². The summed E-state index contributed by atoms with van der Waals surface area (Å²) in [6, 6.07) is 15.1. The van der Waals surface area contributed by atoms with Crippen molar-refractivity contribution in [2.75, 3.05) is 6.61 Å². The lowest BCUT2D eigenvalue weighted by Crippen LogP contribution is -1.97. The summed E-state index contributed by atoms with van der Waals surface area (Å²) >= 11 is 0. The van der Waals surface area contributed by atoms with E-state index >= 15 is 0 Å². The first-order valence-electron chi connectivity index (χ1n) is 7.42. The maximum atomic E-state index is 9.79. The maximum Gasteiger partial charge on any atom is 0.169 e. The summed E-state index contributed by atoms with van der Waals surface area (Å²) in [4.78, 5) is 0. The summed E-state index contributed by atoms with van der Waals surface area (Å²) in [7, 11) is 0. The van der Waals surface area contributed by atoms with Gasteiger partial charge in [-0.25, -0.2) is 0 Å². The fraction of sp³-hybridized carbons (Fsp3) is 0.333. The van der Waals surface area contributed by atoms with Crippen LogP contribution in [0.3, 0.4) is 0 Å². The van der Waals surface area contributed by atoms with Gasteiger partial charge in [-0.05, 0) is 42.7 Å². The Morgan fingerprint density at radius 1 is 0.952 bits per heavy atom. The zero-order valence-corrected chi connectivity index (χ0v) is 12.6. The molecule has 0 fully saturated rings. The predicted octanol–water partition coefficient (Wildman–Crippen LogP) is 4.71. The lowest BCUT2D eigenvalue weighted by Gasteiger charge is -2.13. The quantitative estimate of drug-likeness (QED) is 0.801. The smallest absolute Gasteiger partial charge is 0.169 e. The Balaban J connectivity index is 2.11. The molecule has 3 heteroatoms. The number of aliphatic hydroxyl groups excluding tert-OH is 1. The number of benzene rings is 2. The average Bonchev–Trinajstić information content (AvgIpc) is 2.54. The maximum absolute atomic E-state index is 9.79. The number of rotatable bonds is 7. The van der Waals surface area contributed by atoms with Crippen LogP contribution >= 0.6 is 0 Å². The third kappa shape index (κ3) is 4.23. The molecule has 1 N–H and O–H groups in total. The molecule has 1 unspecified atom stereocenters. The molecule has 0 radical (unpaired) electrons. The summed E-state index contributed by atoms with van der Waals surface area (Å²) in [5, 5.41) is 9.79. The summed E-state index contributed by atoms with van der Waals surface area (Å²) in [5.41, 5.74) is 0.903. The molecule has 0 bridgehead atoms. The highest BCUT2D eigenvalue weighted by atomic mass is 16.5. The summed E-state index contributed by atoms with van der Waals surface area (Å²) in [6.07, 6.45) is 1.24. The number of ether oxygens (including phenoxy) is 2. The Morgan fingerprint density at radius 2 is 1.62 bits per heavy atom. The van der Waals surface area contributed by atoms with Crippen molar-refractivity contribution in [1.82, 2.24) is 0 Å². The number of hydrogen-bond acceptors (Lipinski definition) is 3. The lowest BCUT2D eigenvalue weighted by molar-refractivity contribution is 0.173. The molecule has 0 aromatic heterocycles. The molecule has 0 heterocycles. The number of para-hydroxylation sites is 2. The largest absolute Gasteiger partial charge is 0.490 e. The Labute approximate surface area is 126 Å². The first kappa shape index (κ1) is 15.4. The van der Waals surface area contributed by atoms with E-state index in [4.69, 9.17) is 9.47 Å². The Kier molecular flexibility index (Phi) is 5.64. The van der Waals surface area contributed by atoms with E-state index in [0.717, 1.165) is 23.5 Å². The molecule has 2 aromatic carbocycles. The monoisotopic (exact) mass is 286 g/mol. The van der Waals surface area contributed by atoms with E-state index in [2.05, 4.69) is 6.92 Å². The van der Waals surface area contributed by atoms with Crippen molar-refractivity contribution in [3.63, 3.8) is 0 Å². The molecular formula is C18H22O3. The van der Waals surface area contributed by atoms with Crippen LogP contribution in [0.5, 0.6) is 17.2 Å². The summed E-state index contributed by atoms with van der Waals surface area (Å²) < 4.78 is 11.5. The van der Waals surface area contributed by atoms with Gasteiger partial charge in [0.2, 0.25) is 0 Å². The molecule has 2 rings (SSSR count). The predicted molar refractivity (Wildman–Crippen MR) is 84.0 cm³/mol. The molecule has 0 aliphatic carbocycles. The number of aliphatic hydroxyl groups is 1. The minimum absolute atomic E-state index is 0.417. The van der Waals surface area contributed by atoms with Gasteiger partial charge in [-0.3, -0.25) is 0 Å². The van der Waals surface area contributed by atoms with Gasteiger partial charge in [0.15, 0.2) is 11.5 Å². The molecule has 3 nitrogen and oxygen atoms in total. The molecule has 21 heavy (non-hydrogen) atoms. The first-order valence-corrected chi connectivity index (χ1v) is 7.42. The van der Waals surface area contributed by atoms with Crippen LogP contribution in [-0.4, -0.2) is 11.7 Å². The van der Waals surface area contributed by atoms with E-state index in [9.17, 15) is 5.11 Å². The van der Waals surface area contributed by atoms with Crippen molar-refractivity contribution in [3.05, 3.63) is 54.1 Å². The van der Waals surface area contributed by atoms with Gasteiger partial charge in [-0.15, -0.1) is 0 Å². The van der Waals surface area contributed by atoms with Gasteiger partial charge in [-0.1, -0.05) is 38.1 Å². The Hall–Kier alpha value is -2.00.